The second kappa shape index (κ2) is 5.24. The van der Waals surface area contributed by atoms with Gasteiger partial charge in [-0.25, -0.2) is 0 Å². The Bertz CT molecular complexity index is 787. The molecular formula is C18H20N2O. The molecule has 1 aromatic carbocycles. The molecule has 3 rings (SSSR count). The monoisotopic (exact) mass is 280 g/mol. The molecule has 0 radical (unpaired) electrons. The van der Waals surface area contributed by atoms with Gasteiger partial charge in [0.1, 0.15) is 5.75 Å². The van der Waals surface area contributed by atoms with Crippen molar-refractivity contribution in [3.05, 3.63) is 47.8 Å². The summed E-state index contributed by atoms with van der Waals surface area (Å²) in [5.74, 6) is 1.32. The van der Waals surface area contributed by atoms with E-state index in [4.69, 9.17) is 4.74 Å². The smallest absolute Gasteiger partial charge is 0.122 e. The highest BCUT2D eigenvalue weighted by Gasteiger charge is 2.10. The summed E-state index contributed by atoms with van der Waals surface area (Å²) in [4.78, 5) is 7.98. The van der Waals surface area contributed by atoms with Gasteiger partial charge in [0.25, 0.3) is 0 Å². The molecule has 1 N–H and O–H groups in total. The number of methoxy groups -OCH3 is 1. The molecule has 0 amide bonds. The third kappa shape index (κ3) is 2.51. The number of aromatic amines is 1. The SMILES string of the molecule is COc1ccnc(-c2cc3[nH]c(C(C)C)cc3cc2C)c1. The van der Waals surface area contributed by atoms with E-state index in [1.807, 2.05) is 12.1 Å². The number of hydrogen-bond acceptors (Lipinski definition) is 2. The maximum absolute atomic E-state index is 5.29. The predicted molar refractivity (Wildman–Crippen MR) is 86.9 cm³/mol. The molecule has 0 aliphatic rings. The van der Waals surface area contributed by atoms with Gasteiger partial charge in [-0.1, -0.05) is 13.8 Å². The summed E-state index contributed by atoms with van der Waals surface area (Å²) < 4.78 is 5.29. The molecule has 3 nitrogen and oxygen atoms in total. The molecule has 0 spiro atoms. The number of rotatable bonds is 3. The molecule has 0 fully saturated rings. The predicted octanol–water partition coefficient (Wildman–Crippen LogP) is 4.67. The van der Waals surface area contributed by atoms with Crippen molar-refractivity contribution in [1.82, 2.24) is 9.97 Å². The van der Waals surface area contributed by atoms with E-state index in [9.17, 15) is 0 Å². The van der Waals surface area contributed by atoms with Gasteiger partial charge >= 0.3 is 0 Å². The van der Waals surface area contributed by atoms with E-state index >= 15 is 0 Å². The Hall–Kier alpha value is -2.29. The second-order valence-corrected chi connectivity index (χ2v) is 5.71. The number of benzene rings is 1. The lowest BCUT2D eigenvalue weighted by molar-refractivity contribution is 0.414. The van der Waals surface area contributed by atoms with Gasteiger partial charge in [-0.2, -0.15) is 0 Å². The average Bonchev–Trinajstić information content (AvgIpc) is 2.89. The van der Waals surface area contributed by atoms with Crippen LogP contribution in [-0.2, 0) is 0 Å². The van der Waals surface area contributed by atoms with Crippen LogP contribution in [0, 0.1) is 6.92 Å². The van der Waals surface area contributed by atoms with Crippen molar-refractivity contribution in [3.63, 3.8) is 0 Å². The van der Waals surface area contributed by atoms with Gasteiger partial charge in [0.15, 0.2) is 0 Å². The molecule has 2 heterocycles. The van der Waals surface area contributed by atoms with Crippen LogP contribution < -0.4 is 4.74 Å². The highest BCUT2D eigenvalue weighted by molar-refractivity contribution is 5.87. The molecule has 0 saturated heterocycles. The van der Waals surface area contributed by atoms with Crippen molar-refractivity contribution in [1.29, 1.82) is 0 Å². The number of H-pyrrole nitrogens is 1. The van der Waals surface area contributed by atoms with Crippen LogP contribution in [0.5, 0.6) is 5.75 Å². The lowest BCUT2D eigenvalue weighted by atomic mass is 10.0. The summed E-state index contributed by atoms with van der Waals surface area (Å²) >= 11 is 0. The van der Waals surface area contributed by atoms with Gasteiger partial charge in [-0.15, -0.1) is 0 Å². The van der Waals surface area contributed by atoms with Crippen molar-refractivity contribution in [2.45, 2.75) is 26.7 Å². The largest absolute Gasteiger partial charge is 0.497 e. The highest BCUT2D eigenvalue weighted by Crippen LogP contribution is 2.30. The van der Waals surface area contributed by atoms with Crippen molar-refractivity contribution < 1.29 is 4.74 Å². The second-order valence-electron chi connectivity index (χ2n) is 5.71. The van der Waals surface area contributed by atoms with Crippen LogP contribution in [0.2, 0.25) is 0 Å². The number of nitrogens with zero attached hydrogens (tertiary/aromatic N) is 1. The molecule has 0 aliphatic heterocycles. The number of nitrogens with one attached hydrogen (secondary N) is 1. The minimum Gasteiger partial charge on any atom is -0.497 e. The first-order valence-electron chi connectivity index (χ1n) is 7.22. The van der Waals surface area contributed by atoms with Crippen molar-refractivity contribution >= 4 is 10.9 Å². The van der Waals surface area contributed by atoms with E-state index in [1.54, 1.807) is 13.3 Å². The zero-order chi connectivity index (χ0) is 15.0. The topological polar surface area (TPSA) is 37.9 Å². The molecule has 2 aromatic heterocycles. The number of pyridine rings is 1. The van der Waals surface area contributed by atoms with Crippen LogP contribution in [0.4, 0.5) is 0 Å². The Morgan fingerprint density at radius 1 is 1.14 bits per heavy atom. The first-order chi connectivity index (χ1) is 10.1. The Balaban J connectivity index is 2.15. The summed E-state index contributed by atoms with van der Waals surface area (Å²) in [5, 5.41) is 1.25. The van der Waals surface area contributed by atoms with Gasteiger partial charge in [-0.3, -0.25) is 4.98 Å². The van der Waals surface area contributed by atoms with Crippen LogP contribution in [-0.4, -0.2) is 17.1 Å². The molecule has 0 unspecified atom stereocenters. The third-order valence-electron chi connectivity index (χ3n) is 3.85. The molecule has 108 valence electrons. The van der Waals surface area contributed by atoms with Crippen molar-refractivity contribution in [3.8, 4) is 17.0 Å². The minimum atomic E-state index is 0.496. The van der Waals surface area contributed by atoms with Crippen LogP contribution in [0.1, 0.15) is 31.0 Å². The third-order valence-corrected chi connectivity index (χ3v) is 3.85. The van der Waals surface area contributed by atoms with E-state index in [-0.39, 0.29) is 0 Å². The molecule has 3 heteroatoms. The fraction of sp³-hybridized carbons (Fsp3) is 0.278. The van der Waals surface area contributed by atoms with E-state index in [0.29, 0.717) is 5.92 Å². The maximum atomic E-state index is 5.29. The van der Waals surface area contributed by atoms with Gasteiger partial charge < -0.3 is 9.72 Å². The lowest BCUT2D eigenvalue weighted by Crippen LogP contribution is -1.90. The standard InChI is InChI=1S/C18H20N2O/c1-11(2)16-8-13-7-12(3)15(10-17(13)20-16)18-9-14(21-4)5-6-19-18/h5-11,20H,1-4H3. The Kier molecular flexibility index (Phi) is 3.42. The summed E-state index contributed by atoms with van der Waals surface area (Å²) in [5.41, 5.74) is 5.72. The number of hydrogen-bond donors (Lipinski definition) is 1. The van der Waals surface area contributed by atoms with Crippen LogP contribution >= 0.6 is 0 Å². The van der Waals surface area contributed by atoms with E-state index < -0.39 is 0 Å². The molecule has 3 aromatic rings. The van der Waals surface area contributed by atoms with Crippen LogP contribution in [0.25, 0.3) is 22.2 Å². The average molecular weight is 280 g/mol. The first kappa shape index (κ1) is 13.7. The van der Waals surface area contributed by atoms with Crippen molar-refractivity contribution in [2.24, 2.45) is 0 Å². The van der Waals surface area contributed by atoms with Crippen molar-refractivity contribution in [2.75, 3.05) is 7.11 Å². The van der Waals surface area contributed by atoms with Crippen LogP contribution in [0.3, 0.4) is 0 Å². The molecule has 0 atom stereocenters. The minimum absolute atomic E-state index is 0.496. The van der Waals surface area contributed by atoms with Gasteiger partial charge in [0, 0.05) is 29.0 Å². The summed E-state index contributed by atoms with van der Waals surface area (Å²) in [7, 11) is 1.68. The van der Waals surface area contributed by atoms with E-state index in [2.05, 4.69) is 48.9 Å². The quantitative estimate of drug-likeness (QED) is 0.757. The number of fused-ring (bicyclic) bond motifs is 1. The normalized spacial score (nSPS) is 11.3. The lowest BCUT2D eigenvalue weighted by Gasteiger charge is -2.07. The first-order valence-corrected chi connectivity index (χ1v) is 7.22. The Labute approximate surface area is 125 Å². The summed E-state index contributed by atoms with van der Waals surface area (Å²) in [6.07, 6.45) is 1.78. The highest BCUT2D eigenvalue weighted by atomic mass is 16.5. The number of aromatic nitrogens is 2. The molecule has 0 saturated carbocycles. The van der Waals surface area contributed by atoms with E-state index in [0.717, 1.165) is 22.5 Å². The van der Waals surface area contributed by atoms with Gasteiger partial charge in [-0.05, 0) is 48.1 Å². The van der Waals surface area contributed by atoms with E-state index in [1.165, 1.54) is 16.6 Å². The molecule has 0 bridgehead atoms. The summed E-state index contributed by atoms with van der Waals surface area (Å²) in [6.45, 7) is 6.52. The van der Waals surface area contributed by atoms with Gasteiger partial charge in [0.2, 0.25) is 0 Å². The fourth-order valence-corrected chi connectivity index (χ4v) is 2.59. The van der Waals surface area contributed by atoms with Gasteiger partial charge in [0.05, 0.1) is 12.8 Å². The zero-order valence-electron chi connectivity index (χ0n) is 12.9. The molecule has 21 heavy (non-hydrogen) atoms. The molecular weight excluding hydrogens is 260 g/mol. The fourth-order valence-electron chi connectivity index (χ4n) is 2.59. The number of aryl methyl sites for hydroxylation is 1. The van der Waals surface area contributed by atoms with Crippen LogP contribution in [0.15, 0.2) is 36.5 Å². The Morgan fingerprint density at radius 3 is 2.67 bits per heavy atom. The Morgan fingerprint density at radius 2 is 1.95 bits per heavy atom. The summed E-state index contributed by atoms with van der Waals surface area (Å²) in [6, 6.07) is 10.5. The molecule has 0 aliphatic carbocycles. The zero-order valence-corrected chi connectivity index (χ0v) is 12.9. The maximum Gasteiger partial charge on any atom is 0.122 e. The number of ether oxygens (including phenoxy) is 1.